The van der Waals surface area contributed by atoms with Crippen LogP contribution >= 0.6 is 0 Å². The van der Waals surface area contributed by atoms with Crippen LogP contribution in [0.1, 0.15) is 50.2 Å². The molecule has 0 aliphatic carbocycles. The SMILES string of the molecule is CC(C)c1ccc(C2(CCN)CCOCC2)cc1. The minimum atomic E-state index is 0.252. The molecule has 1 fully saturated rings. The number of hydrogen-bond donors (Lipinski definition) is 1. The molecule has 0 atom stereocenters. The Kier molecular flexibility index (Phi) is 4.41. The highest BCUT2D eigenvalue weighted by Gasteiger charge is 2.33. The topological polar surface area (TPSA) is 35.2 Å². The first-order valence-electron chi connectivity index (χ1n) is 7.06. The molecule has 0 radical (unpaired) electrons. The number of nitrogens with two attached hydrogens (primary N) is 1. The van der Waals surface area contributed by atoms with E-state index >= 15 is 0 Å². The van der Waals surface area contributed by atoms with Crippen molar-refractivity contribution in [3.63, 3.8) is 0 Å². The van der Waals surface area contributed by atoms with Gasteiger partial charge < -0.3 is 10.5 Å². The van der Waals surface area contributed by atoms with Crippen LogP contribution in [-0.2, 0) is 10.2 Å². The molecule has 0 aromatic heterocycles. The van der Waals surface area contributed by atoms with Crippen molar-refractivity contribution in [3.8, 4) is 0 Å². The van der Waals surface area contributed by atoms with Crippen LogP contribution in [0.15, 0.2) is 24.3 Å². The van der Waals surface area contributed by atoms with Crippen molar-refractivity contribution in [1.29, 1.82) is 0 Å². The third-order valence-electron chi connectivity index (χ3n) is 4.26. The Balaban J connectivity index is 2.24. The maximum Gasteiger partial charge on any atom is 0.0474 e. The van der Waals surface area contributed by atoms with E-state index in [0.29, 0.717) is 5.92 Å². The zero-order valence-corrected chi connectivity index (χ0v) is 11.6. The van der Waals surface area contributed by atoms with Crippen molar-refractivity contribution in [2.45, 2.75) is 44.4 Å². The standard InChI is InChI=1S/C16H25NO/c1-13(2)14-3-5-15(6-4-14)16(7-10-17)8-11-18-12-9-16/h3-6,13H,7-12,17H2,1-2H3. The van der Waals surface area contributed by atoms with Crippen molar-refractivity contribution in [1.82, 2.24) is 0 Å². The van der Waals surface area contributed by atoms with Crippen molar-refractivity contribution in [2.75, 3.05) is 19.8 Å². The van der Waals surface area contributed by atoms with Gasteiger partial charge in [-0.2, -0.15) is 0 Å². The fraction of sp³-hybridized carbons (Fsp3) is 0.625. The summed E-state index contributed by atoms with van der Waals surface area (Å²) in [5.74, 6) is 0.596. The summed E-state index contributed by atoms with van der Waals surface area (Å²) in [7, 11) is 0. The summed E-state index contributed by atoms with van der Waals surface area (Å²) < 4.78 is 5.51. The fourth-order valence-corrected chi connectivity index (χ4v) is 2.94. The van der Waals surface area contributed by atoms with Gasteiger partial charge in [0.05, 0.1) is 0 Å². The molecule has 2 rings (SSSR count). The summed E-state index contributed by atoms with van der Waals surface area (Å²) in [6.07, 6.45) is 3.27. The summed E-state index contributed by atoms with van der Waals surface area (Å²) in [4.78, 5) is 0. The van der Waals surface area contributed by atoms with Crippen LogP contribution in [0, 0.1) is 0 Å². The van der Waals surface area contributed by atoms with Crippen LogP contribution in [-0.4, -0.2) is 19.8 Å². The third-order valence-corrected chi connectivity index (χ3v) is 4.26. The van der Waals surface area contributed by atoms with E-state index in [4.69, 9.17) is 10.5 Å². The van der Waals surface area contributed by atoms with Gasteiger partial charge in [-0.05, 0) is 42.9 Å². The van der Waals surface area contributed by atoms with E-state index in [0.717, 1.165) is 39.0 Å². The summed E-state index contributed by atoms with van der Waals surface area (Å²) in [5.41, 5.74) is 8.93. The molecule has 0 saturated carbocycles. The lowest BCUT2D eigenvalue weighted by Gasteiger charge is -2.37. The monoisotopic (exact) mass is 247 g/mol. The summed E-state index contributed by atoms with van der Waals surface area (Å²) >= 11 is 0. The fourth-order valence-electron chi connectivity index (χ4n) is 2.94. The molecule has 18 heavy (non-hydrogen) atoms. The Morgan fingerprint density at radius 3 is 2.28 bits per heavy atom. The number of rotatable bonds is 4. The Labute approximate surface area is 111 Å². The molecule has 1 aromatic rings. The lowest BCUT2D eigenvalue weighted by Crippen LogP contribution is -2.35. The molecule has 2 heteroatoms. The van der Waals surface area contributed by atoms with Gasteiger partial charge in [0, 0.05) is 18.6 Å². The van der Waals surface area contributed by atoms with E-state index in [1.807, 2.05) is 0 Å². The Morgan fingerprint density at radius 2 is 1.78 bits per heavy atom. The predicted molar refractivity (Wildman–Crippen MR) is 75.9 cm³/mol. The van der Waals surface area contributed by atoms with Crippen molar-refractivity contribution in [2.24, 2.45) is 5.73 Å². The molecule has 1 saturated heterocycles. The molecule has 1 aromatic carbocycles. The smallest absolute Gasteiger partial charge is 0.0474 e. The van der Waals surface area contributed by atoms with Gasteiger partial charge >= 0.3 is 0 Å². The van der Waals surface area contributed by atoms with Gasteiger partial charge in [-0.15, -0.1) is 0 Å². The molecule has 100 valence electrons. The predicted octanol–water partition coefficient (Wildman–Crippen LogP) is 3.21. The highest BCUT2D eigenvalue weighted by molar-refractivity contribution is 5.31. The minimum Gasteiger partial charge on any atom is -0.381 e. The quantitative estimate of drug-likeness (QED) is 0.886. The minimum absolute atomic E-state index is 0.252. The average molecular weight is 247 g/mol. The van der Waals surface area contributed by atoms with E-state index in [1.165, 1.54) is 11.1 Å². The van der Waals surface area contributed by atoms with Gasteiger partial charge in [-0.1, -0.05) is 38.1 Å². The molecule has 2 nitrogen and oxygen atoms in total. The first-order chi connectivity index (χ1) is 8.68. The first-order valence-corrected chi connectivity index (χ1v) is 7.06. The van der Waals surface area contributed by atoms with Gasteiger partial charge in [0.1, 0.15) is 0 Å². The van der Waals surface area contributed by atoms with Crippen molar-refractivity contribution in [3.05, 3.63) is 35.4 Å². The largest absolute Gasteiger partial charge is 0.381 e. The maximum atomic E-state index is 5.82. The summed E-state index contributed by atoms with van der Waals surface area (Å²) in [6.45, 7) is 6.96. The second-order valence-corrected chi connectivity index (χ2v) is 5.71. The number of hydrogen-bond acceptors (Lipinski definition) is 2. The first kappa shape index (κ1) is 13.6. The lowest BCUT2D eigenvalue weighted by atomic mass is 9.71. The number of ether oxygens (including phenoxy) is 1. The normalized spacial score (nSPS) is 19.1. The Morgan fingerprint density at radius 1 is 1.17 bits per heavy atom. The molecule has 0 unspecified atom stereocenters. The molecule has 0 bridgehead atoms. The van der Waals surface area contributed by atoms with Crippen LogP contribution in [0.3, 0.4) is 0 Å². The van der Waals surface area contributed by atoms with Gasteiger partial charge in [0.25, 0.3) is 0 Å². The molecule has 1 aliphatic heterocycles. The maximum absolute atomic E-state index is 5.82. The van der Waals surface area contributed by atoms with Crippen LogP contribution in [0.2, 0.25) is 0 Å². The number of benzene rings is 1. The molecule has 2 N–H and O–H groups in total. The van der Waals surface area contributed by atoms with Crippen LogP contribution in [0.25, 0.3) is 0 Å². The Bertz CT molecular complexity index is 358. The molecule has 1 aliphatic rings. The zero-order valence-electron chi connectivity index (χ0n) is 11.6. The summed E-state index contributed by atoms with van der Waals surface area (Å²) in [6, 6.07) is 9.15. The second kappa shape index (κ2) is 5.85. The van der Waals surface area contributed by atoms with Crippen LogP contribution in [0.4, 0.5) is 0 Å². The van der Waals surface area contributed by atoms with E-state index < -0.39 is 0 Å². The third kappa shape index (κ3) is 2.76. The van der Waals surface area contributed by atoms with E-state index in [2.05, 4.69) is 38.1 Å². The molecule has 0 amide bonds. The molecular formula is C16H25NO. The highest BCUT2D eigenvalue weighted by Crippen LogP contribution is 2.38. The van der Waals surface area contributed by atoms with Crippen molar-refractivity contribution < 1.29 is 4.74 Å². The molecule has 0 spiro atoms. The van der Waals surface area contributed by atoms with Crippen LogP contribution in [0.5, 0.6) is 0 Å². The van der Waals surface area contributed by atoms with Gasteiger partial charge in [0.15, 0.2) is 0 Å². The second-order valence-electron chi connectivity index (χ2n) is 5.71. The summed E-state index contributed by atoms with van der Waals surface area (Å²) in [5, 5.41) is 0. The highest BCUT2D eigenvalue weighted by atomic mass is 16.5. The zero-order chi connectivity index (χ0) is 13.0. The van der Waals surface area contributed by atoms with Gasteiger partial charge in [0.2, 0.25) is 0 Å². The average Bonchev–Trinajstić information content (AvgIpc) is 2.40. The molecule has 1 heterocycles. The molecular weight excluding hydrogens is 222 g/mol. The van der Waals surface area contributed by atoms with Crippen LogP contribution < -0.4 is 5.73 Å². The van der Waals surface area contributed by atoms with Gasteiger partial charge in [-0.3, -0.25) is 0 Å². The van der Waals surface area contributed by atoms with E-state index in [1.54, 1.807) is 0 Å². The van der Waals surface area contributed by atoms with Crippen molar-refractivity contribution >= 4 is 0 Å². The Hall–Kier alpha value is -0.860. The van der Waals surface area contributed by atoms with E-state index in [9.17, 15) is 0 Å². The van der Waals surface area contributed by atoms with Gasteiger partial charge in [-0.25, -0.2) is 0 Å². The lowest BCUT2D eigenvalue weighted by molar-refractivity contribution is 0.0477. The van der Waals surface area contributed by atoms with E-state index in [-0.39, 0.29) is 5.41 Å².